The number of carbonyl (C=O) groups is 1. The number of hydrogen-bond donors (Lipinski definition) is 2. The van der Waals surface area contributed by atoms with E-state index < -0.39 is 5.54 Å². The fraction of sp³-hybridized carbons (Fsp3) is 0.300. The van der Waals surface area contributed by atoms with Gasteiger partial charge in [0, 0.05) is 28.7 Å². The van der Waals surface area contributed by atoms with Crippen molar-refractivity contribution in [3.8, 4) is 11.4 Å². The van der Waals surface area contributed by atoms with E-state index in [1.165, 1.54) is 0 Å². The first-order valence-electron chi connectivity index (χ1n) is 9.24. The maximum atomic E-state index is 12.7. The van der Waals surface area contributed by atoms with Gasteiger partial charge in [-0.2, -0.15) is 4.98 Å². The topological polar surface area (TPSA) is 92.9 Å². The average molecular weight is 398 g/mol. The van der Waals surface area contributed by atoms with Gasteiger partial charge in [-0.05, 0) is 43.2 Å². The molecule has 0 saturated heterocycles. The van der Waals surface area contributed by atoms with Crippen LogP contribution >= 0.6 is 11.6 Å². The van der Waals surface area contributed by atoms with E-state index in [0.29, 0.717) is 22.4 Å². The summed E-state index contributed by atoms with van der Waals surface area (Å²) in [5, 5.41) is 10.6. The molecule has 2 heterocycles. The Bertz CT molecular complexity index is 954. The molecule has 1 aliphatic rings. The van der Waals surface area contributed by atoms with E-state index in [9.17, 15) is 4.79 Å². The van der Waals surface area contributed by atoms with Crippen LogP contribution in [0.25, 0.3) is 11.4 Å². The Kier molecular flexibility index (Phi) is 5.25. The Morgan fingerprint density at radius 3 is 2.64 bits per heavy atom. The lowest BCUT2D eigenvalue weighted by molar-refractivity contribution is 0.173. The van der Waals surface area contributed by atoms with Gasteiger partial charge < -0.3 is 15.2 Å². The second-order valence-electron chi connectivity index (χ2n) is 6.89. The molecule has 0 unspecified atom stereocenters. The predicted molar refractivity (Wildman–Crippen MR) is 106 cm³/mol. The minimum absolute atomic E-state index is 0.326. The Morgan fingerprint density at radius 2 is 1.89 bits per heavy atom. The van der Waals surface area contributed by atoms with Crippen LogP contribution in [0.3, 0.4) is 0 Å². The first-order chi connectivity index (χ1) is 13.6. The van der Waals surface area contributed by atoms with Gasteiger partial charge in [-0.25, -0.2) is 4.79 Å². The van der Waals surface area contributed by atoms with Crippen LogP contribution in [0.4, 0.5) is 10.5 Å². The van der Waals surface area contributed by atoms with Crippen molar-refractivity contribution < 1.29 is 9.32 Å². The Hall–Kier alpha value is -2.93. The molecule has 0 spiro atoms. The summed E-state index contributed by atoms with van der Waals surface area (Å²) in [6.07, 6.45) is 7.91. The average Bonchev–Trinajstić information content (AvgIpc) is 3.20. The van der Waals surface area contributed by atoms with E-state index >= 15 is 0 Å². The van der Waals surface area contributed by atoms with E-state index in [1.807, 2.05) is 12.1 Å². The number of anilines is 1. The highest BCUT2D eigenvalue weighted by Gasteiger charge is 2.41. The van der Waals surface area contributed by atoms with Gasteiger partial charge in [-0.15, -0.1) is 0 Å². The number of pyridine rings is 1. The monoisotopic (exact) mass is 397 g/mol. The lowest BCUT2D eigenvalue weighted by Gasteiger charge is -2.34. The van der Waals surface area contributed by atoms with Crippen LogP contribution in [0.1, 0.15) is 38.0 Å². The molecule has 1 aromatic carbocycles. The maximum Gasteiger partial charge on any atom is 0.320 e. The molecule has 0 atom stereocenters. The minimum atomic E-state index is -0.681. The van der Waals surface area contributed by atoms with Crippen LogP contribution in [-0.2, 0) is 5.54 Å². The fourth-order valence-corrected chi connectivity index (χ4v) is 3.72. The number of aromatic nitrogens is 3. The van der Waals surface area contributed by atoms with Crippen LogP contribution < -0.4 is 10.6 Å². The second-order valence-corrected chi connectivity index (χ2v) is 7.33. The molecule has 4 rings (SSSR count). The largest absolute Gasteiger partial charge is 0.336 e. The third kappa shape index (κ3) is 3.99. The molecule has 144 valence electrons. The summed E-state index contributed by atoms with van der Waals surface area (Å²) in [7, 11) is 0. The molecule has 28 heavy (non-hydrogen) atoms. The van der Waals surface area contributed by atoms with Crippen LogP contribution in [0, 0.1) is 0 Å². The summed E-state index contributed by atoms with van der Waals surface area (Å²) in [5.74, 6) is 0.916. The van der Waals surface area contributed by atoms with Crippen molar-refractivity contribution in [2.24, 2.45) is 0 Å². The van der Waals surface area contributed by atoms with Crippen molar-refractivity contribution in [2.75, 3.05) is 5.32 Å². The Morgan fingerprint density at radius 1 is 1.11 bits per heavy atom. The highest BCUT2D eigenvalue weighted by atomic mass is 35.5. The normalized spacial score (nSPS) is 15.8. The molecule has 0 radical (unpaired) electrons. The van der Waals surface area contributed by atoms with Gasteiger partial charge in [-0.1, -0.05) is 42.1 Å². The van der Waals surface area contributed by atoms with E-state index in [0.717, 1.165) is 37.7 Å². The van der Waals surface area contributed by atoms with Gasteiger partial charge >= 0.3 is 6.03 Å². The number of nitrogens with zero attached hydrogens (tertiary/aromatic N) is 3. The third-order valence-corrected chi connectivity index (χ3v) is 5.15. The molecule has 2 N–H and O–H groups in total. The lowest BCUT2D eigenvalue weighted by Crippen LogP contribution is -2.49. The van der Waals surface area contributed by atoms with Gasteiger partial charge in [0.25, 0.3) is 5.89 Å². The summed E-state index contributed by atoms with van der Waals surface area (Å²) in [5.41, 5.74) is 0.762. The van der Waals surface area contributed by atoms with Crippen molar-refractivity contribution >= 4 is 23.3 Å². The zero-order valence-electron chi connectivity index (χ0n) is 15.2. The van der Waals surface area contributed by atoms with Gasteiger partial charge in [0.2, 0.25) is 5.82 Å². The van der Waals surface area contributed by atoms with Gasteiger partial charge in [-0.3, -0.25) is 4.98 Å². The second kappa shape index (κ2) is 7.98. The lowest BCUT2D eigenvalue weighted by atomic mass is 9.81. The highest BCUT2D eigenvalue weighted by molar-refractivity contribution is 6.30. The van der Waals surface area contributed by atoms with Crippen molar-refractivity contribution in [1.82, 2.24) is 20.4 Å². The van der Waals surface area contributed by atoms with Crippen molar-refractivity contribution in [2.45, 2.75) is 37.6 Å². The van der Waals surface area contributed by atoms with Crippen LogP contribution in [0.15, 0.2) is 53.3 Å². The molecular weight excluding hydrogens is 378 g/mol. The van der Waals surface area contributed by atoms with Crippen molar-refractivity contribution in [3.05, 3.63) is 59.7 Å². The van der Waals surface area contributed by atoms with Crippen molar-refractivity contribution in [3.63, 3.8) is 0 Å². The molecular formula is C20H20ClN5O2. The molecule has 1 fully saturated rings. The van der Waals surface area contributed by atoms with Gasteiger partial charge in [0.1, 0.15) is 5.54 Å². The summed E-state index contributed by atoms with van der Waals surface area (Å²) in [6, 6.07) is 10.3. The number of benzene rings is 1. The number of amides is 2. The van der Waals surface area contributed by atoms with Crippen molar-refractivity contribution in [1.29, 1.82) is 0 Å². The molecule has 2 aromatic heterocycles. The SMILES string of the molecule is O=C(Nc1cccc(Cl)c1)NC1(c2nc(-c3ccncc3)no2)CCCCC1. The summed E-state index contributed by atoms with van der Waals surface area (Å²) in [6.45, 7) is 0. The molecule has 2 amide bonds. The van der Waals surface area contributed by atoms with Crippen LogP contribution in [0.2, 0.25) is 5.02 Å². The molecule has 0 bridgehead atoms. The number of hydrogen-bond acceptors (Lipinski definition) is 5. The fourth-order valence-electron chi connectivity index (χ4n) is 3.53. The molecule has 1 aliphatic carbocycles. The third-order valence-electron chi connectivity index (χ3n) is 4.92. The molecule has 8 heteroatoms. The van der Waals surface area contributed by atoms with E-state index in [-0.39, 0.29) is 6.03 Å². The summed E-state index contributed by atoms with van der Waals surface area (Å²) < 4.78 is 5.59. The first kappa shape index (κ1) is 18.4. The smallest absolute Gasteiger partial charge is 0.320 e. The molecule has 0 aliphatic heterocycles. The predicted octanol–water partition coefficient (Wildman–Crippen LogP) is 4.77. The van der Waals surface area contributed by atoms with E-state index in [4.69, 9.17) is 16.1 Å². The van der Waals surface area contributed by atoms with E-state index in [2.05, 4.69) is 25.8 Å². The molecule has 7 nitrogen and oxygen atoms in total. The zero-order chi connectivity index (χ0) is 19.4. The van der Waals surface area contributed by atoms with Gasteiger partial charge in [0.15, 0.2) is 0 Å². The first-order valence-corrected chi connectivity index (χ1v) is 9.62. The highest BCUT2D eigenvalue weighted by Crippen LogP contribution is 2.37. The van der Waals surface area contributed by atoms with Crippen LogP contribution in [0.5, 0.6) is 0 Å². The number of carbonyl (C=O) groups excluding carboxylic acids is 1. The number of halogens is 1. The number of urea groups is 1. The summed E-state index contributed by atoms with van der Waals surface area (Å²) in [4.78, 5) is 21.3. The van der Waals surface area contributed by atoms with E-state index in [1.54, 1.807) is 36.7 Å². The minimum Gasteiger partial charge on any atom is -0.336 e. The molecule has 3 aromatic rings. The quantitative estimate of drug-likeness (QED) is 0.661. The molecule has 1 saturated carbocycles. The number of nitrogens with one attached hydrogen (secondary N) is 2. The maximum absolute atomic E-state index is 12.7. The number of rotatable bonds is 4. The Labute approximate surface area is 167 Å². The van der Waals surface area contributed by atoms with Gasteiger partial charge in [0.05, 0.1) is 0 Å². The standard InChI is InChI=1S/C20H20ClN5O2/c21-15-5-4-6-16(13-15)23-19(27)25-20(9-2-1-3-10-20)18-24-17(26-28-18)14-7-11-22-12-8-14/h4-8,11-13H,1-3,9-10H2,(H2,23,25,27). The zero-order valence-corrected chi connectivity index (χ0v) is 15.9. The Balaban J connectivity index is 1.57. The van der Waals surface area contributed by atoms with Crippen LogP contribution in [-0.4, -0.2) is 21.2 Å². The summed E-state index contributed by atoms with van der Waals surface area (Å²) >= 11 is 5.99.